The van der Waals surface area contributed by atoms with E-state index < -0.39 is 0 Å². The van der Waals surface area contributed by atoms with E-state index in [2.05, 4.69) is 45.6 Å². The molecule has 0 amide bonds. The van der Waals surface area contributed by atoms with Crippen LogP contribution in [0, 0.1) is 0 Å². The molecule has 0 aliphatic carbocycles. The molecule has 0 heterocycles. The predicted octanol–water partition coefficient (Wildman–Crippen LogP) is 2.82. The molecule has 0 fully saturated rings. The maximum atomic E-state index is 5.11. The molecular formula is C11H15BrN2S. The standard InChI is InChI=1S/C11H15BrN2S/c1-2-7-13-11(15)14-8-9-3-5-10(12)6-4-9/h3-6H,2,7-8H2,1H3,(H2,13,14,15). The molecule has 1 aromatic rings. The zero-order chi connectivity index (χ0) is 11.1. The van der Waals surface area contributed by atoms with Crippen LogP contribution >= 0.6 is 28.1 Å². The minimum absolute atomic E-state index is 0.722. The monoisotopic (exact) mass is 286 g/mol. The van der Waals surface area contributed by atoms with Crippen LogP contribution in [0.1, 0.15) is 18.9 Å². The highest BCUT2D eigenvalue weighted by Crippen LogP contribution is 2.09. The minimum Gasteiger partial charge on any atom is -0.363 e. The summed E-state index contributed by atoms with van der Waals surface area (Å²) in [7, 11) is 0. The SMILES string of the molecule is CCCNC(=S)NCc1ccc(Br)cc1. The molecule has 2 nitrogen and oxygen atoms in total. The maximum Gasteiger partial charge on any atom is 0.166 e. The van der Waals surface area contributed by atoms with Gasteiger partial charge in [0.1, 0.15) is 0 Å². The summed E-state index contributed by atoms with van der Waals surface area (Å²) in [5.41, 5.74) is 1.22. The van der Waals surface area contributed by atoms with Crippen LogP contribution in [-0.2, 0) is 6.54 Å². The Bertz CT molecular complexity index is 311. The van der Waals surface area contributed by atoms with Crippen LogP contribution in [0.2, 0.25) is 0 Å². The van der Waals surface area contributed by atoms with Gasteiger partial charge >= 0.3 is 0 Å². The number of thiocarbonyl (C=S) groups is 1. The first-order valence-electron chi connectivity index (χ1n) is 4.98. The smallest absolute Gasteiger partial charge is 0.166 e. The van der Waals surface area contributed by atoms with Gasteiger partial charge in [-0.25, -0.2) is 0 Å². The molecule has 0 atom stereocenters. The maximum absolute atomic E-state index is 5.11. The molecule has 4 heteroatoms. The Morgan fingerprint density at radius 3 is 2.53 bits per heavy atom. The number of hydrogen-bond acceptors (Lipinski definition) is 1. The summed E-state index contributed by atoms with van der Waals surface area (Å²) >= 11 is 8.51. The van der Waals surface area contributed by atoms with Crippen LogP contribution in [0.4, 0.5) is 0 Å². The van der Waals surface area contributed by atoms with Gasteiger partial charge < -0.3 is 10.6 Å². The second-order valence-electron chi connectivity index (χ2n) is 3.24. The second kappa shape index (κ2) is 6.80. The van der Waals surface area contributed by atoms with Crippen molar-refractivity contribution in [2.75, 3.05) is 6.54 Å². The van der Waals surface area contributed by atoms with Crippen molar-refractivity contribution in [2.24, 2.45) is 0 Å². The highest BCUT2D eigenvalue weighted by atomic mass is 79.9. The summed E-state index contributed by atoms with van der Waals surface area (Å²) in [6.07, 6.45) is 1.08. The van der Waals surface area contributed by atoms with E-state index in [0.29, 0.717) is 0 Å². The molecule has 82 valence electrons. The normalized spacial score (nSPS) is 9.73. The first-order chi connectivity index (χ1) is 7.22. The molecular weight excluding hydrogens is 272 g/mol. The zero-order valence-electron chi connectivity index (χ0n) is 8.72. The largest absolute Gasteiger partial charge is 0.363 e. The van der Waals surface area contributed by atoms with Gasteiger partial charge in [-0.1, -0.05) is 35.0 Å². The van der Waals surface area contributed by atoms with Crippen molar-refractivity contribution < 1.29 is 0 Å². The third kappa shape index (κ3) is 5.14. The lowest BCUT2D eigenvalue weighted by molar-refractivity contribution is 0.799. The Hall–Kier alpha value is -0.610. The third-order valence-corrected chi connectivity index (χ3v) is 2.72. The fourth-order valence-electron chi connectivity index (χ4n) is 1.09. The lowest BCUT2D eigenvalue weighted by Crippen LogP contribution is -2.35. The predicted molar refractivity (Wildman–Crippen MR) is 71.9 cm³/mol. The van der Waals surface area contributed by atoms with Gasteiger partial charge in [0.25, 0.3) is 0 Å². The van der Waals surface area contributed by atoms with Gasteiger partial charge in [-0.3, -0.25) is 0 Å². The van der Waals surface area contributed by atoms with Crippen LogP contribution in [0.15, 0.2) is 28.7 Å². The van der Waals surface area contributed by atoms with Crippen molar-refractivity contribution >= 4 is 33.3 Å². The highest BCUT2D eigenvalue weighted by Gasteiger charge is 1.95. The van der Waals surface area contributed by atoms with E-state index in [1.54, 1.807) is 0 Å². The molecule has 0 aliphatic heterocycles. The van der Waals surface area contributed by atoms with Gasteiger partial charge in [-0.15, -0.1) is 0 Å². The highest BCUT2D eigenvalue weighted by molar-refractivity contribution is 9.10. The molecule has 0 unspecified atom stereocenters. The average molecular weight is 287 g/mol. The molecule has 0 radical (unpaired) electrons. The first-order valence-corrected chi connectivity index (χ1v) is 6.18. The van der Waals surface area contributed by atoms with Gasteiger partial charge in [-0.05, 0) is 36.3 Å². The quantitative estimate of drug-likeness (QED) is 0.833. The average Bonchev–Trinajstić information content (AvgIpc) is 2.25. The van der Waals surface area contributed by atoms with Gasteiger partial charge in [-0.2, -0.15) is 0 Å². The number of halogens is 1. The summed E-state index contributed by atoms with van der Waals surface area (Å²) in [5, 5.41) is 7.01. The van der Waals surface area contributed by atoms with E-state index in [4.69, 9.17) is 12.2 Å². The van der Waals surface area contributed by atoms with E-state index in [1.807, 2.05) is 12.1 Å². The van der Waals surface area contributed by atoms with Crippen molar-refractivity contribution in [3.8, 4) is 0 Å². The lowest BCUT2D eigenvalue weighted by atomic mass is 10.2. The van der Waals surface area contributed by atoms with Crippen molar-refractivity contribution in [3.05, 3.63) is 34.3 Å². The van der Waals surface area contributed by atoms with Crippen LogP contribution in [0.3, 0.4) is 0 Å². The van der Waals surface area contributed by atoms with Gasteiger partial charge in [0.15, 0.2) is 5.11 Å². The third-order valence-electron chi connectivity index (χ3n) is 1.90. The molecule has 0 aromatic heterocycles. The topological polar surface area (TPSA) is 24.1 Å². The van der Waals surface area contributed by atoms with Crippen molar-refractivity contribution in [1.29, 1.82) is 0 Å². The Balaban J connectivity index is 2.30. The van der Waals surface area contributed by atoms with Gasteiger partial charge in [0, 0.05) is 17.6 Å². The number of rotatable bonds is 4. The first kappa shape index (κ1) is 12.5. The van der Waals surface area contributed by atoms with E-state index >= 15 is 0 Å². The van der Waals surface area contributed by atoms with Crippen LogP contribution < -0.4 is 10.6 Å². The minimum atomic E-state index is 0.722. The Kier molecular flexibility index (Phi) is 5.65. The summed E-state index contributed by atoms with van der Waals surface area (Å²) in [4.78, 5) is 0. The second-order valence-corrected chi connectivity index (χ2v) is 4.56. The molecule has 2 N–H and O–H groups in total. The number of benzene rings is 1. The molecule has 0 saturated carbocycles. The Morgan fingerprint density at radius 2 is 1.93 bits per heavy atom. The van der Waals surface area contributed by atoms with E-state index in [1.165, 1.54) is 5.56 Å². The number of hydrogen-bond donors (Lipinski definition) is 2. The molecule has 0 bridgehead atoms. The van der Waals surface area contributed by atoms with Crippen LogP contribution in [0.25, 0.3) is 0 Å². The van der Waals surface area contributed by atoms with Crippen LogP contribution in [0.5, 0.6) is 0 Å². The van der Waals surface area contributed by atoms with Gasteiger partial charge in [0.05, 0.1) is 0 Å². The molecule has 1 rings (SSSR count). The van der Waals surface area contributed by atoms with Crippen molar-refractivity contribution in [2.45, 2.75) is 19.9 Å². The summed E-state index contributed by atoms with van der Waals surface area (Å²) < 4.78 is 1.10. The van der Waals surface area contributed by atoms with Crippen LogP contribution in [-0.4, -0.2) is 11.7 Å². The summed E-state index contributed by atoms with van der Waals surface area (Å²) in [6, 6.07) is 8.19. The molecule has 0 aliphatic rings. The van der Waals surface area contributed by atoms with Crippen molar-refractivity contribution in [1.82, 2.24) is 10.6 Å². The van der Waals surface area contributed by atoms with Gasteiger partial charge in [0.2, 0.25) is 0 Å². The van der Waals surface area contributed by atoms with Crippen molar-refractivity contribution in [3.63, 3.8) is 0 Å². The molecule has 0 saturated heterocycles. The zero-order valence-corrected chi connectivity index (χ0v) is 11.1. The molecule has 15 heavy (non-hydrogen) atoms. The Morgan fingerprint density at radius 1 is 1.27 bits per heavy atom. The molecule has 0 spiro atoms. The molecule has 1 aromatic carbocycles. The lowest BCUT2D eigenvalue weighted by Gasteiger charge is -2.09. The Labute approximate surface area is 105 Å². The summed E-state index contributed by atoms with van der Waals surface area (Å²) in [5.74, 6) is 0. The van der Waals surface area contributed by atoms with E-state index in [9.17, 15) is 0 Å². The number of nitrogens with one attached hydrogen (secondary N) is 2. The summed E-state index contributed by atoms with van der Waals surface area (Å²) in [6.45, 7) is 3.80. The fourth-order valence-corrected chi connectivity index (χ4v) is 1.52. The van der Waals surface area contributed by atoms with E-state index in [-0.39, 0.29) is 0 Å². The fraction of sp³-hybridized carbons (Fsp3) is 0.364. The van der Waals surface area contributed by atoms with E-state index in [0.717, 1.165) is 29.1 Å².